The predicted molar refractivity (Wildman–Crippen MR) is 109 cm³/mol. The van der Waals surface area contributed by atoms with Crippen LogP contribution < -0.4 is 16.2 Å². The molecule has 0 aliphatic carbocycles. The summed E-state index contributed by atoms with van der Waals surface area (Å²) in [5.41, 5.74) is 2.17. The van der Waals surface area contributed by atoms with Gasteiger partial charge in [0.2, 0.25) is 0 Å². The molecule has 1 aliphatic heterocycles. The summed E-state index contributed by atoms with van der Waals surface area (Å²) >= 11 is 0. The van der Waals surface area contributed by atoms with Gasteiger partial charge >= 0.3 is 0 Å². The van der Waals surface area contributed by atoms with Crippen molar-refractivity contribution in [1.29, 1.82) is 0 Å². The van der Waals surface area contributed by atoms with E-state index in [-0.39, 0.29) is 23.9 Å². The number of carbonyl (C=O) groups is 1. The van der Waals surface area contributed by atoms with Crippen LogP contribution >= 0.6 is 12.4 Å². The van der Waals surface area contributed by atoms with Gasteiger partial charge in [0.1, 0.15) is 0 Å². The average molecular weight is 394 g/mol. The molecule has 1 aromatic heterocycles. The van der Waals surface area contributed by atoms with E-state index in [0.29, 0.717) is 12.1 Å². The number of hydrogen-bond acceptors (Lipinski definition) is 4. The van der Waals surface area contributed by atoms with Crippen LogP contribution in [0.2, 0.25) is 0 Å². The molecule has 0 atom stereocenters. The maximum Gasteiger partial charge on any atom is 0.271 e. The minimum absolute atomic E-state index is 0. The van der Waals surface area contributed by atoms with Crippen LogP contribution in [0.4, 0.5) is 0 Å². The lowest BCUT2D eigenvalue weighted by atomic mass is 10.2. The van der Waals surface area contributed by atoms with E-state index in [1.165, 1.54) is 4.68 Å². The highest BCUT2D eigenvalue weighted by atomic mass is 35.5. The fourth-order valence-corrected chi connectivity index (χ4v) is 3.16. The van der Waals surface area contributed by atoms with Crippen molar-refractivity contribution in [2.75, 3.05) is 39.3 Å². The topological polar surface area (TPSA) is 82.2 Å². The minimum Gasteiger partial charge on any atom is -0.351 e. The Morgan fingerprint density at radius 3 is 2.56 bits per heavy atom. The number of hydrogen-bond donors (Lipinski definition) is 3. The van der Waals surface area contributed by atoms with Crippen molar-refractivity contribution in [2.24, 2.45) is 0 Å². The lowest BCUT2D eigenvalue weighted by Crippen LogP contribution is -2.46. The second kappa shape index (κ2) is 10.3. The van der Waals surface area contributed by atoms with Crippen LogP contribution in [0, 0.1) is 0 Å². The molecule has 0 radical (unpaired) electrons. The first-order chi connectivity index (χ1) is 12.7. The lowest BCUT2D eigenvalue weighted by molar-refractivity contribution is 0.0947. The zero-order valence-corrected chi connectivity index (χ0v) is 16.5. The summed E-state index contributed by atoms with van der Waals surface area (Å²) in [5, 5.41) is 9.39. The Bertz CT molecular complexity index is 778. The molecule has 1 fully saturated rings. The molecule has 0 saturated carbocycles. The van der Waals surface area contributed by atoms with Crippen LogP contribution in [-0.4, -0.2) is 59.9 Å². The Morgan fingerprint density at radius 1 is 1.19 bits per heavy atom. The van der Waals surface area contributed by atoms with Crippen molar-refractivity contribution in [1.82, 2.24) is 25.3 Å². The third-order valence-corrected chi connectivity index (χ3v) is 4.60. The van der Waals surface area contributed by atoms with E-state index >= 15 is 0 Å². The highest BCUT2D eigenvalue weighted by molar-refractivity contribution is 5.94. The van der Waals surface area contributed by atoms with E-state index in [9.17, 15) is 9.59 Å². The van der Waals surface area contributed by atoms with Crippen molar-refractivity contribution >= 4 is 18.3 Å². The predicted octanol–water partition coefficient (Wildman–Crippen LogP) is 1.17. The monoisotopic (exact) mass is 393 g/mol. The van der Waals surface area contributed by atoms with E-state index < -0.39 is 0 Å². The van der Waals surface area contributed by atoms with Crippen LogP contribution in [0.3, 0.4) is 0 Å². The van der Waals surface area contributed by atoms with E-state index in [1.54, 1.807) is 30.3 Å². The van der Waals surface area contributed by atoms with Crippen LogP contribution in [0.25, 0.3) is 5.69 Å². The summed E-state index contributed by atoms with van der Waals surface area (Å²) in [7, 11) is 0. The number of aryl methyl sites for hydroxylation is 1. The van der Waals surface area contributed by atoms with Crippen molar-refractivity contribution in [3.8, 4) is 5.69 Å². The van der Waals surface area contributed by atoms with Crippen LogP contribution in [-0.2, 0) is 6.42 Å². The number of carbonyl (C=O) groups excluding carboxylic acids is 1. The molecular weight excluding hydrogens is 366 g/mol. The van der Waals surface area contributed by atoms with Gasteiger partial charge in [-0.2, -0.15) is 0 Å². The molecule has 1 amide bonds. The van der Waals surface area contributed by atoms with E-state index in [2.05, 4.69) is 27.6 Å². The number of rotatable bonds is 7. The van der Waals surface area contributed by atoms with Gasteiger partial charge in [-0.25, -0.2) is 4.68 Å². The summed E-state index contributed by atoms with van der Waals surface area (Å²) in [5.74, 6) is -0.0859. The standard InChI is InChI=1S/C19H27N5O2.ClH/c1-2-3-16-14-18(25)24(22-16)17-6-4-15(5-7-17)19(26)21-10-13-23-11-8-20-9-12-23;/h4-7,14,20,22H,2-3,8-13H2,1H3,(H,21,26);1H. The second-order valence-corrected chi connectivity index (χ2v) is 6.60. The van der Waals surface area contributed by atoms with Crippen molar-refractivity contribution in [3.05, 3.63) is 51.9 Å². The van der Waals surface area contributed by atoms with Crippen LogP contribution in [0.5, 0.6) is 0 Å². The Labute approximate surface area is 165 Å². The maximum atomic E-state index is 12.3. The summed E-state index contributed by atoms with van der Waals surface area (Å²) in [4.78, 5) is 26.7. The number of amides is 1. The van der Waals surface area contributed by atoms with Gasteiger partial charge in [-0.1, -0.05) is 13.3 Å². The first-order valence-electron chi connectivity index (χ1n) is 9.30. The fraction of sp³-hybridized carbons (Fsp3) is 0.474. The molecule has 3 rings (SSSR count). The number of halogens is 1. The smallest absolute Gasteiger partial charge is 0.271 e. The van der Waals surface area contributed by atoms with Crippen molar-refractivity contribution in [3.63, 3.8) is 0 Å². The molecule has 8 heteroatoms. The molecular formula is C19H28ClN5O2. The minimum atomic E-state index is -0.0859. The third-order valence-electron chi connectivity index (χ3n) is 4.60. The average Bonchev–Trinajstić information content (AvgIpc) is 3.03. The van der Waals surface area contributed by atoms with Gasteiger partial charge in [-0.3, -0.25) is 19.6 Å². The molecule has 7 nitrogen and oxygen atoms in total. The zero-order chi connectivity index (χ0) is 18.4. The molecule has 3 N–H and O–H groups in total. The summed E-state index contributed by atoms with van der Waals surface area (Å²) in [6.45, 7) is 7.64. The first-order valence-corrected chi connectivity index (χ1v) is 9.30. The summed E-state index contributed by atoms with van der Waals surface area (Å²) in [6.07, 6.45) is 1.82. The van der Waals surface area contributed by atoms with Crippen molar-refractivity contribution in [2.45, 2.75) is 19.8 Å². The molecule has 0 spiro atoms. The number of piperazine rings is 1. The second-order valence-electron chi connectivity index (χ2n) is 6.60. The van der Waals surface area contributed by atoms with Gasteiger partial charge in [-0.15, -0.1) is 12.4 Å². The Kier molecular flexibility index (Phi) is 8.09. The number of aromatic nitrogens is 2. The maximum absolute atomic E-state index is 12.3. The molecule has 2 aromatic rings. The summed E-state index contributed by atoms with van der Waals surface area (Å²) < 4.78 is 1.51. The fourth-order valence-electron chi connectivity index (χ4n) is 3.16. The number of nitrogens with one attached hydrogen (secondary N) is 3. The van der Waals surface area contributed by atoms with Crippen LogP contribution in [0.1, 0.15) is 29.4 Å². The number of H-pyrrole nitrogens is 1. The largest absolute Gasteiger partial charge is 0.351 e. The molecule has 1 aromatic carbocycles. The lowest BCUT2D eigenvalue weighted by Gasteiger charge is -2.27. The first kappa shape index (κ1) is 21.2. The molecule has 1 saturated heterocycles. The third kappa shape index (κ3) is 5.69. The Hall–Kier alpha value is -2.09. The molecule has 2 heterocycles. The number of benzene rings is 1. The number of aromatic amines is 1. The van der Waals surface area contributed by atoms with Crippen molar-refractivity contribution < 1.29 is 4.79 Å². The summed E-state index contributed by atoms with van der Waals surface area (Å²) in [6, 6.07) is 8.71. The molecule has 1 aliphatic rings. The van der Waals surface area contributed by atoms with Gasteiger partial charge in [-0.05, 0) is 30.7 Å². The van der Waals surface area contributed by atoms with Gasteiger partial charge in [0, 0.05) is 56.6 Å². The Morgan fingerprint density at radius 2 is 1.89 bits per heavy atom. The van der Waals surface area contributed by atoms with E-state index in [4.69, 9.17) is 0 Å². The van der Waals surface area contributed by atoms with Gasteiger partial charge in [0.25, 0.3) is 11.5 Å². The quantitative estimate of drug-likeness (QED) is 0.659. The van der Waals surface area contributed by atoms with Gasteiger partial charge < -0.3 is 10.6 Å². The molecule has 27 heavy (non-hydrogen) atoms. The van der Waals surface area contributed by atoms with Gasteiger partial charge in [0.15, 0.2) is 0 Å². The Balaban J connectivity index is 0.00000261. The highest BCUT2D eigenvalue weighted by Crippen LogP contribution is 2.08. The van der Waals surface area contributed by atoms with E-state index in [1.807, 2.05) is 0 Å². The van der Waals surface area contributed by atoms with Crippen LogP contribution in [0.15, 0.2) is 35.1 Å². The molecule has 0 bridgehead atoms. The normalized spacial score (nSPS) is 14.6. The van der Waals surface area contributed by atoms with E-state index in [0.717, 1.165) is 56.9 Å². The zero-order valence-electron chi connectivity index (χ0n) is 15.7. The SMILES string of the molecule is CCCc1cc(=O)n(-c2ccc(C(=O)NCCN3CCNCC3)cc2)[nH]1.Cl. The molecule has 0 unspecified atom stereocenters. The molecule has 148 valence electrons. The number of nitrogens with zero attached hydrogens (tertiary/aromatic N) is 2. The van der Waals surface area contributed by atoms with Gasteiger partial charge in [0.05, 0.1) is 5.69 Å². The highest BCUT2D eigenvalue weighted by Gasteiger charge is 2.11.